The highest BCUT2D eigenvalue weighted by molar-refractivity contribution is 7.91. The quantitative estimate of drug-likeness (QED) is 0.798. The second-order valence-corrected chi connectivity index (χ2v) is 7.04. The number of anilines is 1. The van der Waals surface area contributed by atoms with Crippen molar-refractivity contribution in [1.82, 2.24) is 15.5 Å². The smallest absolute Gasteiger partial charge is 0.271 e. The van der Waals surface area contributed by atoms with Crippen molar-refractivity contribution in [3.05, 3.63) is 17.8 Å². The Morgan fingerprint density at radius 3 is 2.75 bits per heavy atom. The molecule has 1 aromatic rings. The Hall–Kier alpha value is -1.70. The van der Waals surface area contributed by atoms with Crippen LogP contribution in [0.5, 0.6) is 0 Å². The second kappa shape index (κ2) is 6.17. The molecular weight excluding hydrogens is 280 g/mol. The van der Waals surface area contributed by atoms with Crippen LogP contribution in [0.3, 0.4) is 0 Å². The minimum absolute atomic E-state index is 0.116. The summed E-state index contributed by atoms with van der Waals surface area (Å²) in [4.78, 5) is 11.5. The number of carbonyl (C=O) groups is 1. The molecule has 0 aliphatic carbocycles. The molecule has 2 heterocycles. The van der Waals surface area contributed by atoms with E-state index < -0.39 is 9.84 Å². The van der Waals surface area contributed by atoms with Gasteiger partial charge in [0.25, 0.3) is 5.91 Å². The lowest BCUT2D eigenvalue weighted by atomic mass is 10.1. The molecule has 1 aliphatic heterocycles. The van der Waals surface area contributed by atoms with Gasteiger partial charge in [-0.15, -0.1) is 10.2 Å². The maximum absolute atomic E-state index is 11.5. The number of amides is 1. The first kappa shape index (κ1) is 14.7. The van der Waals surface area contributed by atoms with Crippen LogP contribution in [0.25, 0.3) is 0 Å². The number of hydrogen-bond acceptors (Lipinski definition) is 6. The van der Waals surface area contributed by atoms with E-state index in [0.29, 0.717) is 25.3 Å². The van der Waals surface area contributed by atoms with Gasteiger partial charge in [-0.25, -0.2) is 8.42 Å². The maximum atomic E-state index is 11.5. The van der Waals surface area contributed by atoms with Crippen molar-refractivity contribution in [3.63, 3.8) is 0 Å². The van der Waals surface area contributed by atoms with Crippen molar-refractivity contribution in [3.8, 4) is 0 Å². The van der Waals surface area contributed by atoms with Crippen LogP contribution in [-0.2, 0) is 9.84 Å². The summed E-state index contributed by atoms with van der Waals surface area (Å²) >= 11 is 0. The summed E-state index contributed by atoms with van der Waals surface area (Å²) in [5, 5.41) is 13.4. The van der Waals surface area contributed by atoms with Crippen LogP contribution in [0, 0.1) is 5.92 Å². The summed E-state index contributed by atoms with van der Waals surface area (Å²) in [6.07, 6.45) is 0.680. The molecule has 1 unspecified atom stereocenters. The van der Waals surface area contributed by atoms with E-state index in [2.05, 4.69) is 20.8 Å². The molecule has 0 saturated carbocycles. The first-order valence-corrected chi connectivity index (χ1v) is 8.38. The molecule has 1 fully saturated rings. The average molecular weight is 298 g/mol. The Morgan fingerprint density at radius 1 is 1.40 bits per heavy atom. The first-order chi connectivity index (χ1) is 9.50. The van der Waals surface area contributed by atoms with E-state index in [0.717, 1.165) is 0 Å². The fraction of sp³-hybridized carbons (Fsp3) is 0.583. The summed E-state index contributed by atoms with van der Waals surface area (Å²) in [5.74, 6) is 0.895. The van der Waals surface area contributed by atoms with Crippen LogP contribution in [0.2, 0.25) is 0 Å². The van der Waals surface area contributed by atoms with Gasteiger partial charge in [-0.2, -0.15) is 0 Å². The first-order valence-electron chi connectivity index (χ1n) is 6.56. The molecule has 8 heteroatoms. The fourth-order valence-corrected chi connectivity index (χ4v) is 3.94. The molecule has 110 valence electrons. The Balaban J connectivity index is 1.87. The van der Waals surface area contributed by atoms with Gasteiger partial charge in [-0.1, -0.05) is 0 Å². The minimum Gasteiger partial charge on any atom is -0.368 e. The van der Waals surface area contributed by atoms with Crippen molar-refractivity contribution in [2.45, 2.75) is 13.3 Å². The molecule has 0 bridgehead atoms. The predicted molar refractivity (Wildman–Crippen MR) is 75.3 cm³/mol. The van der Waals surface area contributed by atoms with Gasteiger partial charge in [0.15, 0.2) is 15.5 Å². The molecule has 7 nitrogen and oxygen atoms in total. The summed E-state index contributed by atoms with van der Waals surface area (Å²) in [5.41, 5.74) is 0.265. The molecular formula is C12H18N4O3S. The fourth-order valence-electron chi connectivity index (χ4n) is 2.08. The molecule has 0 radical (unpaired) electrons. The van der Waals surface area contributed by atoms with Crippen LogP contribution < -0.4 is 10.6 Å². The van der Waals surface area contributed by atoms with Gasteiger partial charge < -0.3 is 10.6 Å². The molecule has 0 aromatic carbocycles. The number of aromatic nitrogens is 2. The van der Waals surface area contributed by atoms with E-state index in [1.807, 2.05) is 6.92 Å². The normalized spacial score (nSPS) is 20.6. The summed E-state index contributed by atoms with van der Waals surface area (Å²) in [7, 11) is -2.85. The highest BCUT2D eigenvalue weighted by Crippen LogP contribution is 2.18. The van der Waals surface area contributed by atoms with Crippen LogP contribution >= 0.6 is 0 Å². The third-order valence-electron chi connectivity index (χ3n) is 3.13. The highest BCUT2D eigenvalue weighted by Gasteiger charge is 2.27. The Kier molecular flexibility index (Phi) is 4.53. The lowest BCUT2D eigenvalue weighted by Crippen LogP contribution is -2.24. The van der Waals surface area contributed by atoms with Gasteiger partial charge >= 0.3 is 0 Å². The van der Waals surface area contributed by atoms with Gasteiger partial charge in [-0.3, -0.25) is 4.79 Å². The van der Waals surface area contributed by atoms with Gasteiger partial charge in [0.1, 0.15) is 5.82 Å². The van der Waals surface area contributed by atoms with Crippen molar-refractivity contribution < 1.29 is 13.2 Å². The predicted octanol–water partition coefficient (Wildman–Crippen LogP) is 0.0729. The topological polar surface area (TPSA) is 101 Å². The maximum Gasteiger partial charge on any atom is 0.271 e. The van der Waals surface area contributed by atoms with Gasteiger partial charge in [-0.05, 0) is 31.4 Å². The largest absolute Gasteiger partial charge is 0.368 e. The van der Waals surface area contributed by atoms with E-state index in [4.69, 9.17) is 0 Å². The van der Waals surface area contributed by atoms with Crippen LogP contribution in [0.15, 0.2) is 12.1 Å². The lowest BCUT2D eigenvalue weighted by molar-refractivity contribution is 0.0950. The monoisotopic (exact) mass is 298 g/mol. The van der Waals surface area contributed by atoms with Crippen LogP contribution in [-0.4, -0.2) is 49.1 Å². The van der Waals surface area contributed by atoms with Crippen molar-refractivity contribution in [2.75, 3.05) is 29.9 Å². The third kappa shape index (κ3) is 3.89. The zero-order valence-electron chi connectivity index (χ0n) is 11.3. The van der Waals surface area contributed by atoms with E-state index in [1.165, 1.54) is 0 Å². The number of nitrogens with one attached hydrogen (secondary N) is 2. The number of sulfone groups is 1. The lowest BCUT2D eigenvalue weighted by Gasteiger charge is -2.09. The Morgan fingerprint density at radius 2 is 2.20 bits per heavy atom. The Bertz CT molecular complexity index is 571. The SMILES string of the molecule is CCNC(=O)c1ccc(NCC2CCS(=O)(=O)C2)nn1. The summed E-state index contributed by atoms with van der Waals surface area (Å²) in [6, 6.07) is 3.26. The van der Waals surface area contributed by atoms with E-state index in [-0.39, 0.29) is 29.0 Å². The third-order valence-corrected chi connectivity index (χ3v) is 4.97. The molecule has 1 atom stereocenters. The number of hydrogen-bond donors (Lipinski definition) is 2. The molecule has 1 saturated heterocycles. The van der Waals surface area contributed by atoms with E-state index >= 15 is 0 Å². The molecule has 0 spiro atoms. The number of rotatable bonds is 5. The van der Waals surface area contributed by atoms with Crippen molar-refractivity contribution >= 4 is 21.6 Å². The molecule has 2 N–H and O–H groups in total. The molecule has 20 heavy (non-hydrogen) atoms. The standard InChI is InChI=1S/C12H18N4O3S/c1-2-13-12(17)10-3-4-11(16-15-10)14-7-9-5-6-20(18,19)8-9/h3-4,9H,2,5-8H2,1H3,(H,13,17)(H,14,16). The van der Waals surface area contributed by atoms with Crippen LogP contribution in [0.4, 0.5) is 5.82 Å². The molecule has 2 rings (SSSR count). The number of nitrogens with zero attached hydrogens (tertiary/aromatic N) is 2. The van der Waals surface area contributed by atoms with Crippen LogP contribution in [0.1, 0.15) is 23.8 Å². The van der Waals surface area contributed by atoms with Gasteiger partial charge in [0.05, 0.1) is 11.5 Å². The molecule has 1 amide bonds. The van der Waals surface area contributed by atoms with Gasteiger partial charge in [0.2, 0.25) is 0 Å². The highest BCUT2D eigenvalue weighted by atomic mass is 32.2. The van der Waals surface area contributed by atoms with Gasteiger partial charge in [0, 0.05) is 13.1 Å². The minimum atomic E-state index is -2.85. The summed E-state index contributed by atoms with van der Waals surface area (Å²) in [6.45, 7) is 2.92. The molecule has 1 aliphatic rings. The second-order valence-electron chi connectivity index (χ2n) is 4.81. The van der Waals surface area contributed by atoms with Crippen molar-refractivity contribution in [1.29, 1.82) is 0 Å². The zero-order chi connectivity index (χ0) is 14.6. The van der Waals surface area contributed by atoms with E-state index in [1.54, 1.807) is 12.1 Å². The zero-order valence-corrected chi connectivity index (χ0v) is 12.1. The van der Waals surface area contributed by atoms with E-state index in [9.17, 15) is 13.2 Å². The average Bonchev–Trinajstić information content (AvgIpc) is 2.77. The summed E-state index contributed by atoms with van der Waals surface area (Å²) < 4.78 is 22.7. The number of carbonyl (C=O) groups excluding carboxylic acids is 1. The Labute approximate surface area is 118 Å². The van der Waals surface area contributed by atoms with Crippen molar-refractivity contribution in [2.24, 2.45) is 5.92 Å². The molecule has 1 aromatic heterocycles.